The number of benzene rings is 1. The standard InChI is InChI=1S/C12H13NO3S/c1-12(2)11(15)13-8-5-4-7(10(14)16-3)6-9(8)17-12/h4-6H,1-3H3,(H,13,15). The molecule has 1 heterocycles. The lowest BCUT2D eigenvalue weighted by molar-refractivity contribution is -0.117. The maximum absolute atomic E-state index is 11.7. The van der Waals surface area contributed by atoms with Crippen LogP contribution in [0, 0.1) is 0 Å². The Morgan fingerprint density at radius 1 is 1.41 bits per heavy atom. The maximum atomic E-state index is 11.7. The number of carbonyl (C=O) groups excluding carboxylic acids is 2. The molecule has 1 aliphatic heterocycles. The Hall–Kier alpha value is -1.49. The van der Waals surface area contributed by atoms with E-state index in [0.717, 1.165) is 10.6 Å². The average Bonchev–Trinajstić information content (AvgIpc) is 2.28. The number of rotatable bonds is 1. The molecule has 0 spiro atoms. The van der Waals surface area contributed by atoms with Gasteiger partial charge in [0.2, 0.25) is 5.91 Å². The fourth-order valence-electron chi connectivity index (χ4n) is 1.55. The van der Waals surface area contributed by atoms with Gasteiger partial charge in [0.25, 0.3) is 0 Å². The summed E-state index contributed by atoms with van der Waals surface area (Å²) in [5.41, 5.74) is 1.23. The van der Waals surface area contributed by atoms with Crippen molar-refractivity contribution in [2.24, 2.45) is 0 Å². The van der Waals surface area contributed by atoms with E-state index in [1.165, 1.54) is 18.9 Å². The number of carbonyl (C=O) groups is 2. The minimum Gasteiger partial charge on any atom is -0.465 e. The van der Waals surface area contributed by atoms with Gasteiger partial charge in [0, 0.05) is 4.90 Å². The molecule has 0 bridgehead atoms. The number of amides is 1. The van der Waals surface area contributed by atoms with E-state index in [1.54, 1.807) is 18.2 Å². The van der Waals surface area contributed by atoms with E-state index in [4.69, 9.17) is 0 Å². The lowest BCUT2D eigenvalue weighted by Gasteiger charge is -2.29. The molecule has 4 nitrogen and oxygen atoms in total. The van der Waals surface area contributed by atoms with Crippen molar-refractivity contribution in [1.82, 2.24) is 0 Å². The van der Waals surface area contributed by atoms with Crippen LogP contribution in [0.2, 0.25) is 0 Å². The molecule has 1 aromatic rings. The summed E-state index contributed by atoms with van der Waals surface area (Å²) in [6.45, 7) is 3.70. The van der Waals surface area contributed by atoms with Crippen molar-refractivity contribution in [1.29, 1.82) is 0 Å². The number of esters is 1. The van der Waals surface area contributed by atoms with E-state index < -0.39 is 4.75 Å². The van der Waals surface area contributed by atoms with E-state index in [2.05, 4.69) is 10.1 Å². The highest BCUT2D eigenvalue weighted by molar-refractivity contribution is 8.01. The van der Waals surface area contributed by atoms with Gasteiger partial charge in [-0.25, -0.2) is 4.79 Å². The zero-order chi connectivity index (χ0) is 12.6. The predicted octanol–water partition coefficient (Wildman–Crippen LogP) is 2.30. The molecule has 1 N–H and O–H groups in total. The summed E-state index contributed by atoms with van der Waals surface area (Å²) in [4.78, 5) is 24.0. The van der Waals surface area contributed by atoms with Gasteiger partial charge in [-0.05, 0) is 32.0 Å². The first-order valence-electron chi connectivity index (χ1n) is 5.17. The number of anilines is 1. The van der Waals surface area contributed by atoms with E-state index in [-0.39, 0.29) is 11.9 Å². The van der Waals surface area contributed by atoms with Gasteiger partial charge in [-0.3, -0.25) is 4.79 Å². The molecule has 0 aromatic heterocycles. The first-order valence-corrected chi connectivity index (χ1v) is 5.98. The maximum Gasteiger partial charge on any atom is 0.337 e. The van der Waals surface area contributed by atoms with Crippen molar-refractivity contribution in [2.45, 2.75) is 23.5 Å². The molecule has 17 heavy (non-hydrogen) atoms. The number of fused-ring (bicyclic) bond motifs is 1. The van der Waals surface area contributed by atoms with Crippen molar-refractivity contribution < 1.29 is 14.3 Å². The van der Waals surface area contributed by atoms with Gasteiger partial charge in [0.1, 0.15) is 0 Å². The Labute approximate surface area is 104 Å². The second-order valence-corrected chi connectivity index (χ2v) is 5.93. The van der Waals surface area contributed by atoms with Gasteiger partial charge in [0.05, 0.1) is 23.1 Å². The van der Waals surface area contributed by atoms with E-state index in [9.17, 15) is 9.59 Å². The number of ether oxygens (including phenoxy) is 1. The lowest BCUT2D eigenvalue weighted by Crippen LogP contribution is -2.37. The zero-order valence-corrected chi connectivity index (χ0v) is 10.7. The summed E-state index contributed by atoms with van der Waals surface area (Å²) in [6, 6.07) is 5.11. The summed E-state index contributed by atoms with van der Waals surface area (Å²) in [6.07, 6.45) is 0. The molecule has 0 radical (unpaired) electrons. The molecular weight excluding hydrogens is 238 g/mol. The van der Waals surface area contributed by atoms with Crippen LogP contribution < -0.4 is 5.32 Å². The topological polar surface area (TPSA) is 55.4 Å². The fourth-order valence-corrected chi connectivity index (χ4v) is 2.66. The molecule has 1 aromatic carbocycles. The van der Waals surface area contributed by atoms with Crippen LogP contribution in [0.15, 0.2) is 23.1 Å². The van der Waals surface area contributed by atoms with Crippen molar-refractivity contribution in [3.05, 3.63) is 23.8 Å². The molecule has 0 saturated carbocycles. The number of methoxy groups -OCH3 is 1. The number of hydrogen-bond donors (Lipinski definition) is 1. The van der Waals surface area contributed by atoms with Crippen LogP contribution >= 0.6 is 11.8 Å². The highest BCUT2D eigenvalue weighted by atomic mass is 32.2. The first kappa shape index (κ1) is 12.0. The van der Waals surface area contributed by atoms with Crippen LogP contribution in [-0.2, 0) is 9.53 Å². The summed E-state index contributed by atoms with van der Waals surface area (Å²) < 4.78 is 4.14. The second kappa shape index (κ2) is 4.07. The highest BCUT2D eigenvalue weighted by Gasteiger charge is 2.34. The third-order valence-corrected chi connectivity index (χ3v) is 3.82. The molecular formula is C12H13NO3S. The summed E-state index contributed by atoms with van der Waals surface area (Å²) in [5, 5.41) is 2.82. The largest absolute Gasteiger partial charge is 0.465 e. The van der Waals surface area contributed by atoms with Crippen molar-refractivity contribution >= 4 is 29.3 Å². The Bertz CT molecular complexity index is 497. The number of nitrogens with one attached hydrogen (secondary N) is 1. The van der Waals surface area contributed by atoms with E-state index in [0.29, 0.717) is 5.56 Å². The minimum atomic E-state index is -0.526. The van der Waals surface area contributed by atoms with Gasteiger partial charge in [-0.1, -0.05) is 0 Å². The van der Waals surface area contributed by atoms with Crippen LogP contribution in [0.3, 0.4) is 0 Å². The molecule has 1 amide bonds. The normalized spacial score (nSPS) is 17.0. The first-order chi connectivity index (χ1) is 7.94. The molecule has 0 unspecified atom stereocenters. The van der Waals surface area contributed by atoms with E-state index in [1.807, 2.05) is 13.8 Å². The highest BCUT2D eigenvalue weighted by Crippen LogP contribution is 2.42. The van der Waals surface area contributed by atoms with Crippen LogP contribution in [0.1, 0.15) is 24.2 Å². The van der Waals surface area contributed by atoms with Gasteiger partial charge < -0.3 is 10.1 Å². The third-order valence-electron chi connectivity index (χ3n) is 2.56. The SMILES string of the molecule is COC(=O)c1ccc2c(c1)SC(C)(C)C(=O)N2. The van der Waals surface area contributed by atoms with Crippen molar-refractivity contribution in [3.63, 3.8) is 0 Å². The molecule has 90 valence electrons. The minimum absolute atomic E-state index is 0.0270. The summed E-state index contributed by atoms with van der Waals surface area (Å²) >= 11 is 1.44. The molecule has 2 rings (SSSR count). The zero-order valence-electron chi connectivity index (χ0n) is 9.87. The molecule has 5 heteroatoms. The van der Waals surface area contributed by atoms with Gasteiger partial charge >= 0.3 is 5.97 Å². The van der Waals surface area contributed by atoms with Crippen LogP contribution in [0.5, 0.6) is 0 Å². The van der Waals surface area contributed by atoms with Crippen LogP contribution in [-0.4, -0.2) is 23.7 Å². The van der Waals surface area contributed by atoms with Gasteiger partial charge in [0.15, 0.2) is 0 Å². The Morgan fingerprint density at radius 2 is 2.12 bits per heavy atom. The van der Waals surface area contributed by atoms with Crippen LogP contribution in [0.25, 0.3) is 0 Å². The van der Waals surface area contributed by atoms with E-state index >= 15 is 0 Å². The smallest absolute Gasteiger partial charge is 0.337 e. The fraction of sp³-hybridized carbons (Fsp3) is 0.333. The Balaban J connectivity index is 2.41. The monoisotopic (exact) mass is 251 g/mol. The van der Waals surface area contributed by atoms with Crippen LogP contribution in [0.4, 0.5) is 5.69 Å². The predicted molar refractivity (Wildman–Crippen MR) is 66.3 cm³/mol. The summed E-state index contributed by atoms with van der Waals surface area (Å²) in [7, 11) is 1.35. The van der Waals surface area contributed by atoms with Gasteiger partial charge in [-0.15, -0.1) is 11.8 Å². The Morgan fingerprint density at radius 3 is 2.76 bits per heavy atom. The molecule has 1 aliphatic rings. The van der Waals surface area contributed by atoms with Gasteiger partial charge in [-0.2, -0.15) is 0 Å². The molecule has 0 saturated heterocycles. The van der Waals surface area contributed by atoms with Crippen molar-refractivity contribution in [2.75, 3.05) is 12.4 Å². The quantitative estimate of drug-likeness (QED) is 0.778. The third kappa shape index (κ3) is 2.15. The summed E-state index contributed by atoms with van der Waals surface area (Å²) in [5.74, 6) is -0.399. The van der Waals surface area contributed by atoms with Crippen molar-refractivity contribution in [3.8, 4) is 0 Å². The Kier molecular flexibility index (Phi) is 2.87. The number of thioether (sulfide) groups is 1. The number of hydrogen-bond acceptors (Lipinski definition) is 4. The lowest BCUT2D eigenvalue weighted by atomic mass is 10.1. The molecule has 0 atom stereocenters. The molecule has 0 fully saturated rings. The molecule has 0 aliphatic carbocycles. The average molecular weight is 251 g/mol. The second-order valence-electron chi connectivity index (χ2n) is 4.27.